The van der Waals surface area contributed by atoms with Crippen LogP contribution in [0.4, 0.5) is 0 Å². The molecule has 0 radical (unpaired) electrons. The van der Waals surface area contributed by atoms with Crippen LogP contribution in [0.15, 0.2) is 41.5 Å². The molecule has 2 aromatic rings. The first-order chi connectivity index (χ1) is 13.1. The van der Waals surface area contributed by atoms with Crippen LogP contribution < -0.4 is 19.6 Å². The van der Waals surface area contributed by atoms with Gasteiger partial charge in [0.05, 0.1) is 26.0 Å². The van der Waals surface area contributed by atoms with Crippen LogP contribution >= 0.6 is 0 Å². The number of rotatable bonds is 9. The summed E-state index contributed by atoms with van der Waals surface area (Å²) in [6.07, 6.45) is 1.62. The van der Waals surface area contributed by atoms with Crippen molar-refractivity contribution in [3.8, 4) is 17.2 Å². The Labute approximate surface area is 160 Å². The van der Waals surface area contributed by atoms with E-state index in [1.807, 2.05) is 52.0 Å². The van der Waals surface area contributed by atoms with E-state index in [0.29, 0.717) is 42.6 Å². The number of hydrogen-bond donors (Lipinski definition) is 1. The van der Waals surface area contributed by atoms with E-state index < -0.39 is 0 Å². The molecule has 6 heteroatoms. The summed E-state index contributed by atoms with van der Waals surface area (Å²) in [5, 5.41) is 4.05. The predicted octanol–water partition coefficient (Wildman–Crippen LogP) is 3.96. The van der Waals surface area contributed by atoms with Gasteiger partial charge < -0.3 is 14.2 Å². The minimum atomic E-state index is -0.357. The molecule has 0 unspecified atom stereocenters. The maximum atomic E-state index is 12.5. The van der Waals surface area contributed by atoms with Gasteiger partial charge in [0.15, 0.2) is 11.5 Å². The SMILES string of the molecule is CCOc1cc(C(=O)N/N=C\c2ccccc2C)cc(OCC)c1OCC. The Hall–Kier alpha value is -3.02. The van der Waals surface area contributed by atoms with Crippen LogP contribution in [0.3, 0.4) is 0 Å². The second kappa shape index (κ2) is 10.2. The van der Waals surface area contributed by atoms with Crippen molar-refractivity contribution in [2.45, 2.75) is 27.7 Å². The molecule has 0 aliphatic rings. The zero-order valence-electron chi connectivity index (χ0n) is 16.2. The van der Waals surface area contributed by atoms with Crippen LogP contribution in [0.25, 0.3) is 0 Å². The van der Waals surface area contributed by atoms with E-state index in [0.717, 1.165) is 11.1 Å². The molecule has 0 fully saturated rings. The standard InChI is InChI=1S/C21H26N2O4/c1-5-25-18-12-17(13-19(26-6-2)20(18)27-7-3)21(24)23-22-14-16-11-9-8-10-15(16)4/h8-14H,5-7H2,1-4H3,(H,23,24)/b22-14-. The van der Waals surface area contributed by atoms with Gasteiger partial charge in [0, 0.05) is 5.56 Å². The summed E-state index contributed by atoms with van der Waals surface area (Å²) in [4.78, 5) is 12.5. The smallest absolute Gasteiger partial charge is 0.271 e. The van der Waals surface area contributed by atoms with Crippen molar-refractivity contribution in [3.63, 3.8) is 0 Å². The number of amides is 1. The highest BCUT2D eigenvalue weighted by Crippen LogP contribution is 2.39. The van der Waals surface area contributed by atoms with Crippen LogP contribution in [0, 0.1) is 6.92 Å². The number of hydrazone groups is 1. The highest BCUT2D eigenvalue weighted by Gasteiger charge is 2.18. The van der Waals surface area contributed by atoms with E-state index in [4.69, 9.17) is 14.2 Å². The number of ether oxygens (including phenoxy) is 3. The monoisotopic (exact) mass is 370 g/mol. The molecule has 0 heterocycles. The summed E-state index contributed by atoms with van der Waals surface area (Å²) >= 11 is 0. The minimum absolute atomic E-state index is 0.357. The topological polar surface area (TPSA) is 69.2 Å². The van der Waals surface area contributed by atoms with Crippen molar-refractivity contribution in [3.05, 3.63) is 53.1 Å². The lowest BCUT2D eigenvalue weighted by Crippen LogP contribution is -2.18. The molecule has 0 bridgehead atoms. The summed E-state index contributed by atoms with van der Waals surface area (Å²) in [7, 11) is 0. The first-order valence-electron chi connectivity index (χ1n) is 9.06. The van der Waals surface area contributed by atoms with E-state index in [1.54, 1.807) is 18.3 Å². The Kier molecular flexibility index (Phi) is 7.67. The quantitative estimate of drug-likeness (QED) is 0.536. The Bertz CT molecular complexity index is 776. The number of aryl methyl sites for hydroxylation is 1. The summed E-state index contributed by atoms with van der Waals surface area (Å²) < 4.78 is 16.9. The third-order valence-corrected chi connectivity index (χ3v) is 3.73. The lowest BCUT2D eigenvalue weighted by molar-refractivity contribution is 0.0954. The Morgan fingerprint density at radius 2 is 1.59 bits per heavy atom. The molecule has 6 nitrogen and oxygen atoms in total. The molecule has 0 aliphatic carbocycles. The molecule has 0 spiro atoms. The van der Waals surface area contributed by atoms with E-state index in [1.165, 1.54) is 0 Å². The molecule has 0 saturated heterocycles. The highest BCUT2D eigenvalue weighted by molar-refractivity contribution is 5.96. The molecule has 1 amide bonds. The Morgan fingerprint density at radius 1 is 1.00 bits per heavy atom. The van der Waals surface area contributed by atoms with Crippen LogP contribution in [0.2, 0.25) is 0 Å². The lowest BCUT2D eigenvalue weighted by atomic mass is 10.1. The maximum absolute atomic E-state index is 12.5. The second-order valence-electron chi connectivity index (χ2n) is 5.66. The van der Waals surface area contributed by atoms with Crippen LogP contribution in [-0.4, -0.2) is 31.9 Å². The molecule has 0 aromatic heterocycles. The molecule has 0 saturated carbocycles. The van der Waals surface area contributed by atoms with Crippen molar-refractivity contribution >= 4 is 12.1 Å². The van der Waals surface area contributed by atoms with Gasteiger partial charge in [-0.15, -0.1) is 0 Å². The van der Waals surface area contributed by atoms with Crippen molar-refractivity contribution in [2.75, 3.05) is 19.8 Å². The van der Waals surface area contributed by atoms with Crippen molar-refractivity contribution in [2.24, 2.45) is 5.10 Å². The third-order valence-electron chi connectivity index (χ3n) is 3.73. The van der Waals surface area contributed by atoms with Gasteiger partial charge in [0.25, 0.3) is 5.91 Å². The van der Waals surface area contributed by atoms with Crippen molar-refractivity contribution in [1.29, 1.82) is 0 Å². The Balaban J connectivity index is 2.25. The molecular formula is C21H26N2O4. The largest absolute Gasteiger partial charge is 0.490 e. The number of carbonyl (C=O) groups is 1. The first-order valence-corrected chi connectivity index (χ1v) is 9.06. The third kappa shape index (κ3) is 5.48. The van der Waals surface area contributed by atoms with Gasteiger partial charge in [-0.1, -0.05) is 24.3 Å². The normalized spacial score (nSPS) is 10.7. The minimum Gasteiger partial charge on any atom is -0.490 e. The van der Waals surface area contributed by atoms with Crippen molar-refractivity contribution in [1.82, 2.24) is 5.43 Å². The van der Waals surface area contributed by atoms with Crippen LogP contribution in [0.1, 0.15) is 42.3 Å². The number of nitrogens with one attached hydrogen (secondary N) is 1. The maximum Gasteiger partial charge on any atom is 0.271 e. The van der Waals surface area contributed by atoms with Gasteiger partial charge in [-0.25, -0.2) is 5.43 Å². The Morgan fingerprint density at radius 3 is 2.15 bits per heavy atom. The fourth-order valence-corrected chi connectivity index (χ4v) is 2.48. The number of carbonyl (C=O) groups excluding carboxylic acids is 1. The van der Waals surface area contributed by atoms with Crippen LogP contribution in [-0.2, 0) is 0 Å². The van der Waals surface area contributed by atoms with E-state index >= 15 is 0 Å². The molecular weight excluding hydrogens is 344 g/mol. The fraction of sp³-hybridized carbons (Fsp3) is 0.333. The lowest BCUT2D eigenvalue weighted by Gasteiger charge is -2.16. The molecule has 144 valence electrons. The predicted molar refractivity (Wildman–Crippen MR) is 106 cm³/mol. The number of hydrogen-bond acceptors (Lipinski definition) is 5. The zero-order chi connectivity index (χ0) is 19.6. The average Bonchev–Trinajstić information content (AvgIpc) is 2.66. The van der Waals surface area contributed by atoms with Gasteiger partial charge in [0.2, 0.25) is 5.75 Å². The fourth-order valence-electron chi connectivity index (χ4n) is 2.48. The van der Waals surface area contributed by atoms with E-state index in [9.17, 15) is 4.79 Å². The average molecular weight is 370 g/mol. The molecule has 1 N–H and O–H groups in total. The van der Waals surface area contributed by atoms with Crippen molar-refractivity contribution < 1.29 is 19.0 Å². The van der Waals surface area contributed by atoms with E-state index in [-0.39, 0.29) is 5.91 Å². The van der Waals surface area contributed by atoms with Gasteiger partial charge in [-0.2, -0.15) is 5.10 Å². The highest BCUT2D eigenvalue weighted by atomic mass is 16.5. The second-order valence-corrected chi connectivity index (χ2v) is 5.66. The number of nitrogens with zero attached hydrogens (tertiary/aromatic N) is 1. The zero-order valence-corrected chi connectivity index (χ0v) is 16.2. The van der Waals surface area contributed by atoms with Gasteiger partial charge in [0.1, 0.15) is 0 Å². The molecule has 0 aliphatic heterocycles. The summed E-state index contributed by atoms with van der Waals surface area (Å²) in [6.45, 7) is 8.96. The molecule has 0 atom stereocenters. The van der Waals surface area contributed by atoms with Gasteiger partial charge >= 0.3 is 0 Å². The van der Waals surface area contributed by atoms with Crippen LogP contribution in [0.5, 0.6) is 17.2 Å². The summed E-state index contributed by atoms with van der Waals surface area (Å²) in [6, 6.07) is 11.1. The molecule has 2 aromatic carbocycles. The first kappa shape index (κ1) is 20.3. The number of benzene rings is 2. The van der Waals surface area contributed by atoms with Gasteiger partial charge in [-0.05, 0) is 51.0 Å². The molecule has 27 heavy (non-hydrogen) atoms. The summed E-state index contributed by atoms with van der Waals surface area (Å²) in [5.74, 6) is 1.09. The summed E-state index contributed by atoms with van der Waals surface area (Å²) in [5.41, 5.74) is 4.94. The van der Waals surface area contributed by atoms with Gasteiger partial charge in [-0.3, -0.25) is 4.79 Å². The van der Waals surface area contributed by atoms with E-state index in [2.05, 4.69) is 10.5 Å². The molecule has 2 rings (SSSR count).